The van der Waals surface area contributed by atoms with Crippen molar-refractivity contribution in [3.8, 4) is 0 Å². The van der Waals surface area contributed by atoms with Gasteiger partial charge < -0.3 is 14.6 Å². The van der Waals surface area contributed by atoms with Gasteiger partial charge in [-0.05, 0) is 161 Å². The van der Waals surface area contributed by atoms with Crippen LogP contribution in [0.3, 0.4) is 0 Å². The molecule has 0 aliphatic carbocycles. The van der Waals surface area contributed by atoms with Crippen LogP contribution in [0, 0.1) is 0 Å². The molecule has 0 spiro atoms. The summed E-state index contributed by atoms with van der Waals surface area (Å²) in [7, 11) is 0. The lowest BCUT2D eigenvalue weighted by Crippen LogP contribution is -2.28. The second-order valence-corrected chi connectivity index (χ2v) is 21.4. The van der Waals surface area contributed by atoms with Crippen molar-refractivity contribution in [2.75, 3.05) is 13.2 Å². The standard InChI is InChI=1S/C81H122O5/c1-3-5-7-9-11-13-15-17-19-21-23-25-27-29-31-33-35-37-38-39-40-41-42-44-46-48-50-52-54-56-58-60-62-64-66-68-70-72-74-76-81(84)86-79(77-82)78-85-80(83)75-73-71-69-67-65-63-61-59-57-55-53-51-49-47-45-43-36-34-32-30-28-26-24-22-20-18-16-14-12-10-8-6-4-2/h5-8,11-14,17-20,23-26,29-32,35-37,39-40,42-44,47-50,53-56,60,62,79,82H,3-4,9-10,15-16,21-22,27-28,33-34,38,41,45-46,51-52,57-59,61,63-78H2,1-2H3/b7-5-,8-6-,13-11-,14-12-,19-17-,20-18-,25-23-,26-24-,31-29-,32-30-,37-35-,40-39-,43-36-,44-42-,49-47-,50-48-,55-53-,56-54-,62-60-. The number of carbonyl (C=O) groups is 2. The SMILES string of the molecule is CC/C=C\C/C=C\C/C=C\C/C=C\C/C=C\C/C=C\C/C=C\C/C=C\C/C=C\C/C=C\C/C=C\CCCCCCCC(=O)OC(CO)COC(=O)CCCCCCCCCC/C=C\C/C=C\C/C=C\C/C=C\C/C=C\C/C=C\C/C=C\C/C=C\CC. The summed E-state index contributed by atoms with van der Waals surface area (Å²) in [5.74, 6) is -0.640. The Hall–Kier alpha value is -6.04. The minimum Gasteiger partial charge on any atom is -0.462 e. The molecule has 1 atom stereocenters. The second-order valence-electron chi connectivity index (χ2n) is 21.4. The van der Waals surface area contributed by atoms with Crippen molar-refractivity contribution in [2.45, 2.75) is 251 Å². The Morgan fingerprint density at radius 2 is 0.465 bits per heavy atom. The molecule has 476 valence electrons. The molecule has 0 radical (unpaired) electrons. The molecule has 0 aromatic heterocycles. The smallest absolute Gasteiger partial charge is 0.306 e. The number of hydrogen-bond acceptors (Lipinski definition) is 5. The van der Waals surface area contributed by atoms with E-state index in [1.807, 2.05) is 0 Å². The average molecular weight is 1180 g/mol. The van der Waals surface area contributed by atoms with Gasteiger partial charge in [0.2, 0.25) is 0 Å². The Morgan fingerprint density at radius 3 is 0.698 bits per heavy atom. The van der Waals surface area contributed by atoms with Gasteiger partial charge in [-0.3, -0.25) is 9.59 Å². The predicted molar refractivity (Wildman–Crippen MR) is 379 cm³/mol. The van der Waals surface area contributed by atoms with Gasteiger partial charge in [0.1, 0.15) is 6.61 Å². The molecule has 0 aliphatic rings. The minimum atomic E-state index is -0.807. The average Bonchev–Trinajstić information content (AvgIpc) is 3.55. The van der Waals surface area contributed by atoms with Crippen LogP contribution in [0.2, 0.25) is 0 Å². The van der Waals surface area contributed by atoms with E-state index in [-0.39, 0.29) is 25.2 Å². The number of unbranched alkanes of at least 4 members (excludes halogenated alkanes) is 13. The number of carbonyl (C=O) groups excluding carboxylic acids is 2. The highest BCUT2D eigenvalue weighted by atomic mass is 16.6. The van der Waals surface area contributed by atoms with Gasteiger partial charge in [0.15, 0.2) is 6.10 Å². The van der Waals surface area contributed by atoms with Gasteiger partial charge in [0.25, 0.3) is 0 Å². The fourth-order valence-electron chi connectivity index (χ4n) is 8.46. The summed E-state index contributed by atoms with van der Waals surface area (Å²) >= 11 is 0. The van der Waals surface area contributed by atoms with Gasteiger partial charge in [-0.25, -0.2) is 0 Å². The van der Waals surface area contributed by atoms with Gasteiger partial charge in [-0.2, -0.15) is 0 Å². The van der Waals surface area contributed by atoms with Crippen LogP contribution in [0.5, 0.6) is 0 Å². The summed E-state index contributed by atoms with van der Waals surface area (Å²) in [6, 6.07) is 0. The van der Waals surface area contributed by atoms with Gasteiger partial charge >= 0.3 is 11.9 Å². The predicted octanol–water partition coefficient (Wildman–Crippen LogP) is 24.1. The number of esters is 2. The van der Waals surface area contributed by atoms with E-state index < -0.39 is 6.10 Å². The number of allylic oxidation sites excluding steroid dienone is 38. The van der Waals surface area contributed by atoms with Crippen LogP contribution < -0.4 is 0 Å². The molecule has 0 fully saturated rings. The summed E-state index contributed by atoms with van der Waals surface area (Å²) in [4.78, 5) is 24.6. The quantitative estimate of drug-likeness (QED) is 0.0373. The number of rotatable bonds is 59. The highest BCUT2D eigenvalue weighted by Crippen LogP contribution is 2.13. The number of ether oxygens (including phenoxy) is 2. The lowest BCUT2D eigenvalue weighted by molar-refractivity contribution is -0.161. The highest BCUT2D eigenvalue weighted by Gasteiger charge is 2.16. The van der Waals surface area contributed by atoms with Crippen LogP contribution in [-0.2, 0) is 19.1 Å². The van der Waals surface area contributed by atoms with Gasteiger partial charge in [0.05, 0.1) is 6.61 Å². The van der Waals surface area contributed by atoms with E-state index >= 15 is 0 Å². The topological polar surface area (TPSA) is 72.8 Å². The molecule has 5 nitrogen and oxygen atoms in total. The summed E-state index contributed by atoms with van der Waals surface area (Å²) in [6.45, 7) is 3.87. The molecule has 0 aromatic carbocycles. The summed E-state index contributed by atoms with van der Waals surface area (Å²) in [5.41, 5.74) is 0. The molecule has 0 bridgehead atoms. The molecule has 0 aromatic rings. The first-order valence-electron chi connectivity index (χ1n) is 33.9. The lowest BCUT2D eigenvalue weighted by Gasteiger charge is -2.15. The van der Waals surface area contributed by atoms with Crippen LogP contribution >= 0.6 is 0 Å². The fraction of sp³-hybridized carbons (Fsp3) is 0.506. The van der Waals surface area contributed by atoms with Crippen molar-refractivity contribution in [2.24, 2.45) is 0 Å². The highest BCUT2D eigenvalue weighted by molar-refractivity contribution is 5.70. The van der Waals surface area contributed by atoms with Crippen LogP contribution in [0.4, 0.5) is 0 Å². The Bertz CT molecular complexity index is 2110. The molecule has 0 saturated carbocycles. The van der Waals surface area contributed by atoms with Crippen molar-refractivity contribution >= 4 is 11.9 Å². The molecule has 5 heteroatoms. The zero-order valence-corrected chi connectivity index (χ0v) is 54.5. The first kappa shape index (κ1) is 80.0. The zero-order valence-electron chi connectivity index (χ0n) is 54.5. The van der Waals surface area contributed by atoms with Crippen molar-refractivity contribution < 1.29 is 24.2 Å². The third kappa shape index (κ3) is 70.4. The summed E-state index contributed by atoms with van der Waals surface area (Å²) in [5, 5.41) is 9.69. The molecule has 86 heavy (non-hydrogen) atoms. The summed E-state index contributed by atoms with van der Waals surface area (Å²) in [6.07, 6.45) is 120. The maximum atomic E-state index is 12.4. The molecule has 0 rings (SSSR count). The first-order chi connectivity index (χ1) is 42.6. The van der Waals surface area contributed by atoms with E-state index in [2.05, 4.69) is 245 Å². The molecular formula is C81H122O5. The molecule has 1 N–H and O–H groups in total. The van der Waals surface area contributed by atoms with Crippen LogP contribution in [0.25, 0.3) is 0 Å². The third-order valence-electron chi connectivity index (χ3n) is 13.5. The maximum absolute atomic E-state index is 12.4. The van der Waals surface area contributed by atoms with Crippen molar-refractivity contribution in [3.05, 3.63) is 231 Å². The van der Waals surface area contributed by atoms with Crippen molar-refractivity contribution in [3.63, 3.8) is 0 Å². The maximum Gasteiger partial charge on any atom is 0.306 e. The fourth-order valence-corrected chi connectivity index (χ4v) is 8.46. The van der Waals surface area contributed by atoms with Crippen molar-refractivity contribution in [1.29, 1.82) is 0 Å². The van der Waals surface area contributed by atoms with E-state index in [0.29, 0.717) is 12.8 Å². The largest absolute Gasteiger partial charge is 0.462 e. The lowest BCUT2D eigenvalue weighted by atomic mass is 10.1. The third-order valence-corrected chi connectivity index (χ3v) is 13.5. The molecule has 0 amide bonds. The molecule has 0 heterocycles. The van der Waals surface area contributed by atoms with Crippen LogP contribution in [0.1, 0.15) is 245 Å². The normalized spacial score (nSPS) is 13.8. The molecule has 0 saturated heterocycles. The zero-order chi connectivity index (χ0) is 61.9. The number of aliphatic hydroxyl groups excluding tert-OH is 1. The molecule has 0 aliphatic heterocycles. The second kappa shape index (κ2) is 73.2. The molecule has 1 unspecified atom stereocenters. The Balaban J connectivity index is 3.67. The Labute approximate surface area is 528 Å². The van der Waals surface area contributed by atoms with Gasteiger partial charge in [0, 0.05) is 12.8 Å². The Morgan fingerprint density at radius 1 is 0.267 bits per heavy atom. The van der Waals surface area contributed by atoms with E-state index in [1.54, 1.807) is 0 Å². The number of aliphatic hydroxyl groups is 1. The van der Waals surface area contributed by atoms with Crippen LogP contribution in [0.15, 0.2) is 231 Å². The van der Waals surface area contributed by atoms with Gasteiger partial charge in [-0.1, -0.05) is 303 Å². The van der Waals surface area contributed by atoms with Crippen molar-refractivity contribution in [1.82, 2.24) is 0 Å². The van der Waals surface area contributed by atoms with Gasteiger partial charge in [-0.15, -0.1) is 0 Å². The Kier molecular flexibility index (Phi) is 68.1. The summed E-state index contributed by atoms with van der Waals surface area (Å²) < 4.78 is 10.7. The minimum absolute atomic E-state index is 0.0943. The van der Waals surface area contributed by atoms with E-state index in [1.165, 1.54) is 32.1 Å². The first-order valence-corrected chi connectivity index (χ1v) is 33.9. The van der Waals surface area contributed by atoms with E-state index in [4.69, 9.17) is 9.47 Å². The van der Waals surface area contributed by atoms with Crippen LogP contribution in [-0.4, -0.2) is 36.4 Å². The van der Waals surface area contributed by atoms with E-state index in [0.717, 1.165) is 186 Å². The van der Waals surface area contributed by atoms with E-state index in [9.17, 15) is 14.7 Å². The number of hydrogen-bond donors (Lipinski definition) is 1. The monoisotopic (exact) mass is 1170 g/mol. The molecular weight excluding hydrogens is 1050 g/mol.